The molecule has 0 saturated heterocycles. The van der Waals surface area contributed by atoms with Crippen LogP contribution in [0.25, 0.3) is 0 Å². The summed E-state index contributed by atoms with van der Waals surface area (Å²) >= 11 is 5.55. The molecule has 98 valence electrons. The van der Waals surface area contributed by atoms with Gasteiger partial charge < -0.3 is 4.84 Å². The van der Waals surface area contributed by atoms with Crippen molar-refractivity contribution in [1.29, 1.82) is 0 Å². The molecular formula is C11H8ClF4NO. The first-order valence-electron chi connectivity index (χ1n) is 5.07. The van der Waals surface area contributed by atoms with Crippen LogP contribution >= 0.6 is 11.6 Å². The molecule has 7 heteroatoms. The molecule has 0 bridgehead atoms. The van der Waals surface area contributed by atoms with Gasteiger partial charge in [0, 0.05) is 12.0 Å². The third kappa shape index (κ3) is 2.58. The molecule has 0 fully saturated rings. The molecule has 2 rings (SSSR count). The van der Waals surface area contributed by atoms with Gasteiger partial charge in [0.1, 0.15) is 11.9 Å². The highest BCUT2D eigenvalue weighted by Gasteiger charge is 2.35. The molecule has 2 nitrogen and oxygen atoms in total. The van der Waals surface area contributed by atoms with Crippen LogP contribution in [0.1, 0.15) is 17.5 Å². The molecule has 0 radical (unpaired) electrons. The van der Waals surface area contributed by atoms with Gasteiger partial charge in [0.25, 0.3) is 0 Å². The summed E-state index contributed by atoms with van der Waals surface area (Å²) in [5.74, 6) is -1.11. The first-order valence-corrected chi connectivity index (χ1v) is 5.61. The minimum absolute atomic E-state index is 0.191. The second-order valence-electron chi connectivity index (χ2n) is 3.82. The van der Waals surface area contributed by atoms with Gasteiger partial charge in [0.15, 0.2) is 0 Å². The molecule has 0 N–H and O–H groups in total. The fraction of sp³-hybridized carbons (Fsp3) is 0.364. The highest BCUT2D eigenvalue weighted by Crippen LogP contribution is 2.32. The predicted molar refractivity (Wildman–Crippen MR) is 58.1 cm³/mol. The Hall–Kier alpha value is -1.30. The SMILES string of the molecule is Fc1ccc(C2=NOC(CCl)C2)cc1C(F)(F)F. The molecule has 1 aliphatic heterocycles. The minimum atomic E-state index is -4.73. The van der Waals surface area contributed by atoms with Crippen LogP contribution in [0.2, 0.25) is 0 Å². The molecule has 0 aliphatic carbocycles. The number of oxime groups is 1. The average molecular weight is 282 g/mol. The molecule has 1 aromatic carbocycles. The minimum Gasteiger partial charge on any atom is -0.391 e. The van der Waals surface area contributed by atoms with Crippen LogP contribution in [0.3, 0.4) is 0 Å². The molecule has 0 saturated carbocycles. The third-order valence-corrected chi connectivity index (χ3v) is 2.85. The second kappa shape index (κ2) is 4.76. The Morgan fingerprint density at radius 2 is 2.11 bits per heavy atom. The summed E-state index contributed by atoms with van der Waals surface area (Å²) in [5, 5.41) is 3.65. The molecule has 1 aromatic rings. The zero-order valence-corrected chi connectivity index (χ0v) is 9.72. The van der Waals surface area contributed by atoms with E-state index in [2.05, 4.69) is 5.16 Å². The summed E-state index contributed by atoms with van der Waals surface area (Å²) in [4.78, 5) is 4.91. The summed E-state index contributed by atoms with van der Waals surface area (Å²) in [6, 6.07) is 2.74. The molecule has 1 unspecified atom stereocenters. The quantitative estimate of drug-likeness (QED) is 0.600. The Morgan fingerprint density at radius 1 is 1.39 bits per heavy atom. The number of nitrogens with zero attached hydrogens (tertiary/aromatic N) is 1. The van der Waals surface area contributed by atoms with E-state index in [1.165, 1.54) is 6.07 Å². The zero-order chi connectivity index (χ0) is 13.3. The Kier molecular flexibility index (Phi) is 3.47. The number of alkyl halides is 4. The maximum absolute atomic E-state index is 13.1. The lowest BCUT2D eigenvalue weighted by atomic mass is 10.0. The lowest BCUT2D eigenvalue weighted by molar-refractivity contribution is -0.140. The van der Waals surface area contributed by atoms with Gasteiger partial charge in [-0.2, -0.15) is 13.2 Å². The van der Waals surface area contributed by atoms with Gasteiger partial charge in [-0.1, -0.05) is 11.2 Å². The number of hydrogen-bond acceptors (Lipinski definition) is 2. The Morgan fingerprint density at radius 3 is 2.67 bits per heavy atom. The number of benzene rings is 1. The van der Waals surface area contributed by atoms with E-state index in [-0.39, 0.29) is 17.5 Å². The van der Waals surface area contributed by atoms with E-state index in [9.17, 15) is 17.6 Å². The lowest BCUT2D eigenvalue weighted by Crippen LogP contribution is -2.12. The first kappa shape index (κ1) is 13.1. The normalized spacial score (nSPS) is 19.6. The first-order chi connectivity index (χ1) is 8.41. The van der Waals surface area contributed by atoms with E-state index in [4.69, 9.17) is 16.4 Å². The molecule has 1 atom stereocenters. The molecule has 0 aromatic heterocycles. The highest BCUT2D eigenvalue weighted by atomic mass is 35.5. The maximum Gasteiger partial charge on any atom is 0.419 e. The van der Waals surface area contributed by atoms with Crippen LogP contribution in [0.15, 0.2) is 23.4 Å². The number of rotatable bonds is 2. The summed E-state index contributed by atoms with van der Waals surface area (Å²) in [6.07, 6.45) is -4.76. The van der Waals surface area contributed by atoms with Crippen LogP contribution in [-0.4, -0.2) is 17.7 Å². The molecule has 1 heterocycles. The van der Waals surface area contributed by atoms with Crippen molar-refractivity contribution >= 4 is 17.3 Å². The maximum atomic E-state index is 13.1. The van der Waals surface area contributed by atoms with Crippen LogP contribution in [0, 0.1) is 5.82 Å². The largest absolute Gasteiger partial charge is 0.419 e. The lowest BCUT2D eigenvalue weighted by Gasteiger charge is -2.09. The molecular weight excluding hydrogens is 274 g/mol. The summed E-state index contributed by atoms with van der Waals surface area (Å²) in [5.41, 5.74) is -0.778. The molecule has 18 heavy (non-hydrogen) atoms. The summed E-state index contributed by atoms with van der Waals surface area (Å²) in [7, 11) is 0. The fourth-order valence-electron chi connectivity index (χ4n) is 1.60. The monoisotopic (exact) mass is 281 g/mol. The number of halogens is 5. The molecule has 0 spiro atoms. The average Bonchev–Trinajstić information content (AvgIpc) is 2.76. The van der Waals surface area contributed by atoms with Crippen molar-refractivity contribution in [2.24, 2.45) is 5.16 Å². The van der Waals surface area contributed by atoms with Gasteiger partial charge in [-0.25, -0.2) is 4.39 Å². The third-order valence-electron chi connectivity index (χ3n) is 2.51. The van der Waals surface area contributed by atoms with Gasteiger partial charge in [0.05, 0.1) is 17.2 Å². The Bertz CT molecular complexity index is 486. The van der Waals surface area contributed by atoms with E-state index in [0.29, 0.717) is 12.1 Å². The highest BCUT2D eigenvalue weighted by molar-refractivity contribution is 6.18. The van der Waals surface area contributed by atoms with Crippen molar-refractivity contribution in [1.82, 2.24) is 0 Å². The van der Waals surface area contributed by atoms with Crippen molar-refractivity contribution in [2.45, 2.75) is 18.7 Å². The number of hydrogen-bond donors (Lipinski definition) is 0. The topological polar surface area (TPSA) is 21.6 Å². The van der Waals surface area contributed by atoms with Gasteiger partial charge in [0.2, 0.25) is 0 Å². The van der Waals surface area contributed by atoms with E-state index in [0.717, 1.165) is 12.1 Å². The van der Waals surface area contributed by atoms with Crippen molar-refractivity contribution in [3.63, 3.8) is 0 Å². The van der Waals surface area contributed by atoms with Crippen molar-refractivity contribution < 1.29 is 22.4 Å². The smallest absolute Gasteiger partial charge is 0.391 e. The van der Waals surface area contributed by atoms with Crippen LogP contribution in [0.4, 0.5) is 17.6 Å². The zero-order valence-electron chi connectivity index (χ0n) is 8.97. The van der Waals surface area contributed by atoms with E-state index < -0.39 is 17.6 Å². The Balaban J connectivity index is 2.31. The molecule has 1 aliphatic rings. The summed E-state index contributed by atoms with van der Waals surface area (Å²) in [6.45, 7) is 0. The van der Waals surface area contributed by atoms with E-state index in [1.54, 1.807) is 0 Å². The van der Waals surface area contributed by atoms with E-state index in [1.807, 2.05) is 0 Å². The van der Waals surface area contributed by atoms with Crippen molar-refractivity contribution in [3.8, 4) is 0 Å². The van der Waals surface area contributed by atoms with Gasteiger partial charge in [-0.3, -0.25) is 0 Å². The van der Waals surface area contributed by atoms with Crippen molar-refractivity contribution in [2.75, 3.05) is 5.88 Å². The van der Waals surface area contributed by atoms with Gasteiger partial charge >= 0.3 is 6.18 Å². The van der Waals surface area contributed by atoms with Crippen LogP contribution in [-0.2, 0) is 11.0 Å². The van der Waals surface area contributed by atoms with Gasteiger partial charge in [-0.15, -0.1) is 11.6 Å². The van der Waals surface area contributed by atoms with Crippen molar-refractivity contribution in [3.05, 3.63) is 35.1 Å². The standard InChI is InChI=1S/C11H8ClF4NO/c12-5-7-4-10(17-18-7)6-1-2-9(13)8(3-6)11(14,15)16/h1-3,7H,4-5H2. The Labute approximate surface area is 105 Å². The molecule has 0 amide bonds. The second-order valence-corrected chi connectivity index (χ2v) is 4.12. The summed E-state index contributed by atoms with van der Waals surface area (Å²) < 4.78 is 50.7. The van der Waals surface area contributed by atoms with Crippen LogP contribution < -0.4 is 0 Å². The van der Waals surface area contributed by atoms with Crippen LogP contribution in [0.5, 0.6) is 0 Å². The fourth-order valence-corrected chi connectivity index (χ4v) is 1.77. The van der Waals surface area contributed by atoms with Gasteiger partial charge in [-0.05, 0) is 12.1 Å². The van der Waals surface area contributed by atoms with E-state index >= 15 is 0 Å². The predicted octanol–water partition coefficient (Wildman–Crippen LogP) is 3.58.